The van der Waals surface area contributed by atoms with Crippen molar-refractivity contribution in [1.82, 2.24) is 10.2 Å². The Morgan fingerprint density at radius 3 is 2.71 bits per heavy atom. The highest BCUT2D eigenvalue weighted by atomic mass is 32.2. The zero-order valence-electron chi connectivity index (χ0n) is 10.6. The molecule has 3 unspecified atom stereocenters. The summed E-state index contributed by atoms with van der Waals surface area (Å²) in [4.78, 5) is 14.2. The maximum Gasteiger partial charge on any atom is 0.225 e. The zero-order valence-corrected chi connectivity index (χ0v) is 11.5. The summed E-state index contributed by atoms with van der Waals surface area (Å²) < 4.78 is 5.58. The van der Waals surface area contributed by atoms with Gasteiger partial charge >= 0.3 is 0 Å². The molecule has 98 valence electrons. The number of ether oxygens (including phenoxy) is 1. The van der Waals surface area contributed by atoms with Gasteiger partial charge in [-0.2, -0.15) is 11.8 Å². The lowest BCUT2D eigenvalue weighted by atomic mass is 10.2. The van der Waals surface area contributed by atoms with E-state index in [1.807, 2.05) is 16.7 Å². The highest BCUT2D eigenvalue weighted by molar-refractivity contribution is 8.00. The van der Waals surface area contributed by atoms with Crippen LogP contribution in [0.3, 0.4) is 0 Å². The summed E-state index contributed by atoms with van der Waals surface area (Å²) in [5.74, 6) is 0.248. The molecule has 0 aromatic carbocycles. The molecule has 2 saturated heterocycles. The fourth-order valence-electron chi connectivity index (χ4n) is 2.46. The van der Waals surface area contributed by atoms with Gasteiger partial charge in [0.05, 0.1) is 19.1 Å². The molecule has 0 aromatic heterocycles. The number of nitrogens with zero attached hydrogens (tertiary/aromatic N) is 1. The number of amides is 1. The van der Waals surface area contributed by atoms with Gasteiger partial charge < -0.3 is 15.0 Å². The predicted molar refractivity (Wildman–Crippen MR) is 70.3 cm³/mol. The van der Waals surface area contributed by atoms with Crippen molar-refractivity contribution in [2.45, 2.75) is 36.9 Å². The van der Waals surface area contributed by atoms with E-state index in [9.17, 15) is 4.79 Å². The van der Waals surface area contributed by atoms with E-state index in [-0.39, 0.29) is 12.0 Å². The van der Waals surface area contributed by atoms with Gasteiger partial charge in [0.25, 0.3) is 0 Å². The Kier molecular flexibility index (Phi) is 4.70. The lowest BCUT2D eigenvalue weighted by Gasteiger charge is -2.35. The predicted octanol–water partition coefficient (Wildman–Crippen LogP) is 0.717. The molecule has 1 N–H and O–H groups in total. The van der Waals surface area contributed by atoms with Crippen molar-refractivity contribution in [3.63, 3.8) is 0 Å². The number of rotatable bonds is 2. The van der Waals surface area contributed by atoms with Gasteiger partial charge in [0, 0.05) is 36.7 Å². The molecule has 3 atom stereocenters. The van der Waals surface area contributed by atoms with Crippen LogP contribution in [0.1, 0.15) is 20.3 Å². The Labute approximate surface area is 107 Å². The van der Waals surface area contributed by atoms with Crippen LogP contribution >= 0.6 is 11.8 Å². The van der Waals surface area contributed by atoms with E-state index in [4.69, 9.17) is 4.74 Å². The minimum absolute atomic E-state index is 0.0661. The third kappa shape index (κ3) is 3.86. The Hall–Kier alpha value is -0.260. The van der Waals surface area contributed by atoms with E-state index in [0.717, 1.165) is 32.8 Å². The number of nitrogens with one attached hydrogen (secondary N) is 1. The lowest BCUT2D eigenvalue weighted by molar-refractivity contribution is -0.134. The van der Waals surface area contributed by atoms with Crippen molar-refractivity contribution in [3.8, 4) is 0 Å². The number of morpholine rings is 1. The molecule has 0 aliphatic carbocycles. The van der Waals surface area contributed by atoms with Crippen LogP contribution in [0.4, 0.5) is 0 Å². The third-order valence-electron chi connectivity index (χ3n) is 3.18. The fraction of sp³-hybridized carbons (Fsp3) is 0.917. The molecule has 2 heterocycles. The second-order valence-corrected chi connectivity index (χ2v) is 6.84. The van der Waals surface area contributed by atoms with Crippen LogP contribution in [0.25, 0.3) is 0 Å². The van der Waals surface area contributed by atoms with Gasteiger partial charge in [-0.15, -0.1) is 0 Å². The standard InChI is InChI=1S/C12H22N2O2S/c1-9-7-14(8-10(2)17-9)12(15)5-11-6-13-3-4-16-11/h9-11,13H,3-8H2,1-2H3. The minimum Gasteiger partial charge on any atom is -0.375 e. The van der Waals surface area contributed by atoms with Crippen molar-refractivity contribution in [3.05, 3.63) is 0 Å². The highest BCUT2D eigenvalue weighted by Crippen LogP contribution is 2.25. The lowest BCUT2D eigenvalue weighted by Crippen LogP contribution is -2.47. The summed E-state index contributed by atoms with van der Waals surface area (Å²) >= 11 is 1.97. The Morgan fingerprint density at radius 1 is 1.41 bits per heavy atom. The smallest absolute Gasteiger partial charge is 0.225 e. The van der Waals surface area contributed by atoms with Crippen molar-refractivity contribution in [1.29, 1.82) is 0 Å². The molecule has 2 fully saturated rings. The first kappa shape index (κ1) is 13.2. The van der Waals surface area contributed by atoms with Gasteiger partial charge in [-0.3, -0.25) is 4.79 Å². The molecular weight excluding hydrogens is 236 g/mol. The minimum atomic E-state index is 0.0661. The Bertz CT molecular complexity index is 259. The summed E-state index contributed by atoms with van der Waals surface area (Å²) in [6, 6.07) is 0. The molecule has 0 saturated carbocycles. The van der Waals surface area contributed by atoms with E-state index >= 15 is 0 Å². The molecule has 0 spiro atoms. The number of hydrogen-bond acceptors (Lipinski definition) is 4. The van der Waals surface area contributed by atoms with Crippen LogP contribution < -0.4 is 5.32 Å². The SMILES string of the molecule is CC1CN(C(=O)CC2CNCCO2)CC(C)S1. The summed E-state index contributed by atoms with van der Waals surface area (Å²) in [5, 5.41) is 4.36. The molecule has 0 aromatic rings. The largest absolute Gasteiger partial charge is 0.375 e. The molecule has 0 radical (unpaired) electrons. The first-order valence-electron chi connectivity index (χ1n) is 6.40. The molecule has 0 bridgehead atoms. The molecule has 17 heavy (non-hydrogen) atoms. The van der Waals surface area contributed by atoms with E-state index in [1.165, 1.54) is 0 Å². The van der Waals surface area contributed by atoms with Crippen LogP contribution in [-0.4, -0.2) is 60.2 Å². The van der Waals surface area contributed by atoms with Crippen LogP contribution in [0.15, 0.2) is 0 Å². The quantitative estimate of drug-likeness (QED) is 0.792. The average Bonchev–Trinajstić information content (AvgIpc) is 2.29. The van der Waals surface area contributed by atoms with Gasteiger partial charge in [-0.1, -0.05) is 13.8 Å². The number of thioether (sulfide) groups is 1. The Morgan fingerprint density at radius 2 is 2.12 bits per heavy atom. The van der Waals surface area contributed by atoms with Crippen molar-refractivity contribution in [2.75, 3.05) is 32.8 Å². The summed E-state index contributed by atoms with van der Waals surface area (Å²) in [5.41, 5.74) is 0. The molecule has 2 aliphatic rings. The highest BCUT2D eigenvalue weighted by Gasteiger charge is 2.27. The fourth-order valence-corrected chi connectivity index (χ4v) is 3.78. The maximum atomic E-state index is 12.2. The maximum absolute atomic E-state index is 12.2. The van der Waals surface area contributed by atoms with E-state index < -0.39 is 0 Å². The topological polar surface area (TPSA) is 41.6 Å². The molecule has 2 aliphatic heterocycles. The van der Waals surface area contributed by atoms with Crippen LogP contribution in [-0.2, 0) is 9.53 Å². The van der Waals surface area contributed by atoms with Crippen molar-refractivity contribution in [2.24, 2.45) is 0 Å². The van der Waals surface area contributed by atoms with Gasteiger partial charge in [-0.05, 0) is 0 Å². The van der Waals surface area contributed by atoms with Crippen molar-refractivity contribution >= 4 is 17.7 Å². The summed E-state index contributed by atoms with van der Waals surface area (Å²) in [6.07, 6.45) is 0.591. The first-order chi connectivity index (χ1) is 8.15. The van der Waals surface area contributed by atoms with E-state index in [2.05, 4.69) is 19.2 Å². The van der Waals surface area contributed by atoms with Gasteiger partial charge in [0.15, 0.2) is 0 Å². The number of hydrogen-bond donors (Lipinski definition) is 1. The van der Waals surface area contributed by atoms with E-state index in [1.54, 1.807) is 0 Å². The molecule has 2 rings (SSSR count). The molecule has 5 heteroatoms. The van der Waals surface area contributed by atoms with Gasteiger partial charge in [0.1, 0.15) is 0 Å². The van der Waals surface area contributed by atoms with Crippen LogP contribution in [0.2, 0.25) is 0 Å². The summed E-state index contributed by atoms with van der Waals surface area (Å²) in [6.45, 7) is 8.58. The second kappa shape index (κ2) is 6.07. The summed E-state index contributed by atoms with van der Waals surface area (Å²) in [7, 11) is 0. The van der Waals surface area contributed by atoms with E-state index in [0.29, 0.717) is 16.9 Å². The van der Waals surface area contributed by atoms with Crippen molar-refractivity contribution < 1.29 is 9.53 Å². The number of carbonyl (C=O) groups is 1. The molecule has 4 nitrogen and oxygen atoms in total. The zero-order chi connectivity index (χ0) is 12.3. The monoisotopic (exact) mass is 258 g/mol. The first-order valence-corrected chi connectivity index (χ1v) is 7.35. The molecular formula is C12H22N2O2S. The van der Waals surface area contributed by atoms with Gasteiger partial charge in [-0.25, -0.2) is 0 Å². The van der Waals surface area contributed by atoms with Gasteiger partial charge in [0.2, 0.25) is 5.91 Å². The van der Waals surface area contributed by atoms with Crippen LogP contribution in [0, 0.1) is 0 Å². The number of carbonyl (C=O) groups excluding carboxylic acids is 1. The third-order valence-corrected chi connectivity index (χ3v) is 4.41. The average molecular weight is 258 g/mol. The normalized spacial score (nSPS) is 34.7. The Balaban J connectivity index is 1.81. The van der Waals surface area contributed by atoms with Crippen LogP contribution in [0.5, 0.6) is 0 Å². The second-order valence-electron chi connectivity index (χ2n) is 4.96. The molecule has 1 amide bonds.